The summed E-state index contributed by atoms with van der Waals surface area (Å²) in [6.45, 7) is 5.95. The Kier molecular flexibility index (Phi) is 5.75. The summed E-state index contributed by atoms with van der Waals surface area (Å²) in [7, 11) is 0. The highest BCUT2D eigenvalue weighted by Gasteiger charge is 2.14. The van der Waals surface area contributed by atoms with E-state index in [1.165, 1.54) is 11.3 Å². The fraction of sp³-hybridized carbons (Fsp3) is 0.462. The Morgan fingerprint density at radius 1 is 1.53 bits per heavy atom. The third kappa shape index (κ3) is 3.88. The van der Waals surface area contributed by atoms with Crippen LogP contribution in [0.1, 0.15) is 35.5 Å². The first-order valence-corrected chi connectivity index (χ1v) is 6.67. The van der Waals surface area contributed by atoms with E-state index in [0.717, 1.165) is 30.0 Å². The Bertz CT molecular complexity index is 428. The van der Waals surface area contributed by atoms with Crippen molar-refractivity contribution < 1.29 is 4.79 Å². The number of rotatable bonds is 4. The minimum atomic E-state index is 0.0893. The third-order valence-corrected chi connectivity index (χ3v) is 3.17. The number of thiophene rings is 1. The molecule has 0 unspecified atom stereocenters. The van der Waals surface area contributed by atoms with E-state index in [-0.39, 0.29) is 5.91 Å². The highest BCUT2D eigenvalue weighted by Crippen LogP contribution is 2.15. The van der Waals surface area contributed by atoms with Gasteiger partial charge in [0.1, 0.15) is 0 Å². The van der Waals surface area contributed by atoms with Gasteiger partial charge in [-0.25, -0.2) is 0 Å². The quantitative estimate of drug-likeness (QED) is 0.830. The van der Waals surface area contributed by atoms with Gasteiger partial charge in [0.25, 0.3) is 5.91 Å². The van der Waals surface area contributed by atoms with Crippen LogP contribution >= 0.6 is 11.3 Å². The molecule has 0 aliphatic rings. The molecule has 1 rings (SSSR count). The number of carbonyl (C=O) groups is 1. The highest BCUT2D eigenvalue weighted by atomic mass is 32.1. The molecule has 0 aliphatic carbocycles. The predicted octanol–water partition coefficient (Wildman–Crippen LogP) is 1.93. The molecule has 17 heavy (non-hydrogen) atoms. The molecular formula is C13H18N2OS. The van der Waals surface area contributed by atoms with Gasteiger partial charge in [0.2, 0.25) is 0 Å². The maximum Gasteiger partial charge on any atom is 0.254 e. The zero-order valence-corrected chi connectivity index (χ0v) is 11.1. The molecule has 1 heterocycles. The van der Waals surface area contributed by atoms with Gasteiger partial charge in [-0.1, -0.05) is 18.8 Å². The maximum atomic E-state index is 12.1. The van der Waals surface area contributed by atoms with Crippen LogP contribution in [0, 0.1) is 11.8 Å². The van der Waals surface area contributed by atoms with Crippen molar-refractivity contribution in [2.45, 2.75) is 20.3 Å². The van der Waals surface area contributed by atoms with E-state index < -0.39 is 0 Å². The summed E-state index contributed by atoms with van der Waals surface area (Å²) in [4.78, 5) is 14.9. The van der Waals surface area contributed by atoms with Gasteiger partial charge < -0.3 is 10.6 Å². The molecule has 2 N–H and O–H groups in total. The molecule has 0 bridgehead atoms. The Morgan fingerprint density at radius 2 is 2.29 bits per heavy atom. The van der Waals surface area contributed by atoms with Gasteiger partial charge in [0, 0.05) is 18.5 Å². The van der Waals surface area contributed by atoms with E-state index in [2.05, 4.69) is 18.8 Å². The average Bonchev–Trinajstić information content (AvgIpc) is 2.81. The lowest BCUT2D eigenvalue weighted by Gasteiger charge is -2.19. The van der Waals surface area contributed by atoms with Crippen molar-refractivity contribution in [1.29, 1.82) is 0 Å². The van der Waals surface area contributed by atoms with Crippen LogP contribution in [0.15, 0.2) is 11.4 Å². The molecule has 0 radical (unpaired) electrons. The minimum Gasteiger partial charge on any atom is -0.339 e. The number of amides is 1. The van der Waals surface area contributed by atoms with Crippen LogP contribution in [-0.2, 0) is 0 Å². The SMILES string of the molecule is CCCN(CC)C(=O)c1csc(C#CCN)c1. The summed E-state index contributed by atoms with van der Waals surface area (Å²) < 4.78 is 0. The van der Waals surface area contributed by atoms with E-state index >= 15 is 0 Å². The summed E-state index contributed by atoms with van der Waals surface area (Å²) in [5, 5.41) is 1.86. The Morgan fingerprint density at radius 3 is 2.88 bits per heavy atom. The van der Waals surface area contributed by atoms with Gasteiger partial charge >= 0.3 is 0 Å². The van der Waals surface area contributed by atoms with E-state index in [1.54, 1.807) is 0 Å². The van der Waals surface area contributed by atoms with Crippen molar-refractivity contribution in [1.82, 2.24) is 4.90 Å². The van der Waals surface area contributed by atoms with Crippen LogP contribution in [-0.4, -0.2) is 30.4 Å². The van der Waals surface area contributed by atoms with Gasteiger partial charge in [-0.05, 0) is 19.4 Å². The molecule has 0 atom stereocenters. The van der Waals surface area contributed by atoms with Crippen LogP contribution < -0.4 is 5.73 Å². The van der Waals surface area contributed by atoms with Crippen LogP contribution in [0.2, 0.25) is 0 Å². The topological polar surface area (TPSA) is 46.3 Å². The van der Waals surface area contributed by atoms with Gasteiger partial charge in [-0.2, -0.15) is 0 Å². The second-order valence-corrected chi connectivity index (χ2v) is 4.50. The van der Waals surface area contributed by atoms with Crippen molar-refractivity contribution >= 4 is 17.2 Å². The van der Waals surface area contributed by atoms with E-state index in [1.807, 2.05) is 23.3 Å². The second-order valence-electron chi connectivity index (χ2n) is 3.59. The largest absolute Gasteiger partial charge is 0.339 e. The first-order valence-electron chi connectivity index (χ1n) is 5.79. The van der Waals surface area contributed by atoms with E-state index in [9.17, 15) is 4.79 Å². The summed E-state index contributed by atoms with van der Waals surface area (Å²) >= 11 is 1.49. The van der Waals surface area contributed by atoms with Crippen molar-refractivity contribution in [2.75, 3.05) is 19.6 Å². The van der Waals surface area contributed by atoms with Gasteiger partial charge in [0.05, 0.1) is 17.0 Å². The molecule has 0 aliphatic heterocycles. The fourth-order valence-electron chi connectivity index (χ4n) is 1.51. The summed E-state index contributed by atoms with van der Waals surface area (Å²) in [6, 6.07) is 1.84. The van der Waals surface area contributed by atoms with Gasteiger partial charge in [0.15, 0.2) is 0 Å². The molecule has 4 heteroatoms. The standard InChI is InChI=1S/C13H18N2OS/c1-3-8-15(4-2)13(16)11-9-12(17-10-11)6-5-7-14/h9-10H,3-4,7-8,14H2,1-2H3. The highest BCUT2D eigenvalue weighted by molar-refractivity contribution is 7.10. The van der Waals surface area contributed by atoms with Crippen LogP contribution in [0.5, 0.6) is 0 Å². The van der Waals surface area contributed by atoms with E-state index in [0.29, 0.717) is 6.54 Å². The van der Waals surface area contributed by atoms with Crippen molar-refractivity contribution in [2.24, 2.45) is 5.73 Å². The number of hydrogen-bond donors (Lipinski definition) is 1. The number of nitrogens with zero attached hydrogens (tertiary/aromatic N) is 1. The first kappa shape index (κ1) is 13.8. The molecule has 0 aromatic carbocycles. The van der Waals surface area contributed by atoms with Crippen molar-refractivity contribution in [3.8, 4) is 11.8 Å². The fourth-order valence-corrected chi connectivity index (χ4v) is 2.26. The lowest BCUT2D eigenvalue weighted by atomic mass is 10.2. The monoisotopic (exact) mass is 250 g/mol. The number of nitrogens with two attached hydrogens (primary N) is 1. The normalized spacial score (nSPS) is 9.59. The van der Waals surface area contributed by atoms with Crippen LogP contribution in [0.4, 0.5) is 0 Å². The summed E-state index contributed by atoms with van der Waals surface area (Å²) in [5.74, 6) is 5.82. The third-order valence-electron chi connectivity index (χ3n) is 2.32. The molecule has 92 valence electrons. The zero-order chi connectivity index (χ0) is 12.7. The predicted molar refractivity (Wildman–Crippen MR) is 72.1 cm³/mol. The molecule has 1 aromatic heterocycles. The molecule has 0 spiro atoms. The Balaban J connectivity index is 2.78. The number of hydrogen-bond acceptors (Lipinski definition) is 3. The van der Waals surface area contributed by atoms with Crippen molar-refractivity contribution in [3.63, 3.8) is 0 Å². The van der Waals surface area contributed by atoms with Crippen LogP contribution in [0.25, 0.3) is 0 Å². The van der Waals surface area contributed by atoms with E-state index in [4.69, 9.17) is 5.73 Å². The summed E-state index contributed by atoms with van der Waals surface area (Å²) in [6.07, 6.45) is 0.976. The Labute approximate surface area is 107 Å². The maximum absolute atomic E-state index is 12.1. The minimum absolute atomic E-state index is 0.0893. The molecule has 0 saturated carbocycles. The molecule has 0 saturated heterocycles. The average molecular weight is 250 g/mol. The lowest BCUT2D eigenvalue weighted by molar-refractivity contribution is 0.0765. The molecule has 1 amide bonds. The molecule has 0 fully saturated rings. The number of carbonyl (C=O) groups excluding carboxylic acids is 1. The first-order chi connectivity index (χ1) is 8.22. The summed E-state index contributed by atoms with van der Waals surface area (Å²) in [5.41, 5.74) is 6.04. The Hall–Kier alpha value is -1.31. The van der Waals surface area contributed by atoms with Gasteiger partial charge in [-0.3, -0.25) is 4.79 Å². The second kappa shape index (κ2) is 7.10. The lowest BCUT2D eigenvalue weighted by Crippen LogP contribution is -2.31. The molecule has 3 nitrogen and oxygen atoms in total. The van der Waals surface area contributed by atoms with Crippen molar-refractivity contribution in [3.05, 3.63) is 21.9 Å². The smallest absolute Gasteiger partial charge is 0.254 e. The van der Waals surface area contributed by atoms with Gasteiger partial charge in [-0.15, -0.1) is 11.3 Å². The van der Waals surface area contributed by atoms with Crippen LogP contribution in [0.3, 0.4) is 0 Å². The zero-order valence-electron chi connectivity index (χ0n) is 10.3. The molecular weight excluding hydrogens is 232 g/mol. The molecule has 1 aromatic rings.